The third-order valence-electron chi connectivity index (χ3n) is 3.21. The Morgan fingerprint density at radius 1 is 1.38 bits per heavy atom. The van der Waals surface area contributed by atoms with Gasteiger partial charge >= 0.3 is 0 Å². The summed E-state index contributed by atoms with van der Waals surface area (Å²) >= 11 is 0. The van der Waals surface area contributed by atoms with Gasteiger partial charge in [0.2, 0.25) is 5.91 Å². The smallest absolute Gasteiger partial charge is 0.232 e. The van der Waals surface area contributed by atoms with E-state index in [9.17, 15) is 9.18 Å². The van der Waals surface area contributed by atoms with E-state index in [2.05, 4.69) is 4.90 Å². The molecule has 16 heavy (non-hydrogen) atoms. The molecule has 0 aromatic heterocycles. The van der Waals surface area contributed by atoms with Crippen molar-refractivity contribution in [2.75, 3.05) is 33.2 Å². The molecule has 1 fully saturated rings. The second kappa shape index (κ2) is 4.78. The predicted octanol–water partition coefficient (Wildman–Crippen LogP) is 1.19. The zero-order valence-electron chi connectivity index (χ0n) is 9.53. The molecule has 1 amide bonds. The highest BCUT2D eigenvalue weighted by atomic mass is 19.1. The van der Waals surface area contributed by atoms with E-state index in [1.54, 1.807) is 11.0 Å². The van der Waals surface area contributed by atoms with Crippen molar-refractivity contribution >= 4 is 5.91 Å². The van der Waals surface area contributed by atoms with Crippen molar-refractivity contribution in [3.63, 3.8) is 0 Å². The second-order valence-electron chi connectivity index (χ2n) is 4.40. The predicted molar refractivity (Wildman–Crippen MR) is 60.5 cm³/mol. The van der Waals surface area contributed by atoms with Crippen molar-refractivity contribution in [1.29, 1.82) is 0 Å². The van der Waals surface area contributed by atoms with Gasteiger partial charge in [0.25, 0.3) is 0 Å². The van der Waals surface area contributed by atoms with Crippen LogP contribution in [0.3, 0.4) is 0 Å². The Bertz CT molecular complexity index is 330. The van der Waals surface area contributed by atoms with E-state index >= 15 is 0 Å². The minimum absolute atomic E-state index is 0.0637. The van der Waals surface area contributed by atoms with Crippen LogP contribution in [-0.4, -0.2) is 48.9 Å². The van der Waals surface area contributed by atoms with Gasteiger partial charge in [0.1, 0.15) is 5.83 Å². The summed E-state index contributed by atoms with van der Waals surface area (Å²) in [4.78, 5) is 16.0. The number of hydrogen-bond donors (Lipinski definition) is 0. The summed E-state index contributed by atoms with van der Waals surface area (Å²) in [5.74, 6) is -0.939. The first-order valence-corrected chi connectivity index (χ1v) is 5.68. The fourth-order valence-electron chi connectivity index (χ4n) is 2.07. The summed E-state index contributed by atoms with van der Waals surface area (Å²) in [5.41, 5.74) is 0. The number of allylic oxidation sites excluding steroid dienone is 3. The number of hydrogen-bond acceptors (Lipinski definition) is 2. The molecule has 4 heteroatoms. The Morgan fingerprint density at radius 2 is 2.06 bits per heavy atom. The van der Waals surface area contributed by atoms with Gasteiger partial charge in [-0.25, -0.2) is 4.39 Å². The number of carbonyl (C=O) groups excluding carboxylic acids is 1. The molecule has 1 aliphatic carbocycles. The largest absolute Gasteiger partial charge is 0.340 e. The first kappa shape index (κ1) is 11.3. The molecule has 1 unspecified atom stereocenters. The SMILES string of the molecule is CN1CCN(C(=O)C2CC=CC=C2F)CC1. The Labute approximate surface area is 95.2 Å². The first-order chi connectivity index (χ1) is 7.68. The highest BCUT2D eigenvalue weighted by molar-refractivity contribution is 5.82. The lowest BCUT2D eigenvalue weighted by molar-refractivity contribution is -0.136. The van der Waals surface area contributed by atoms with Gasteiger partial charge in [-0.15, -0.1) is 0 Å². The fourth-order valence-corrected chi connectivity index (χ4v) is 2.07. The van der Waals surface area contributed by atoms with Crippen LogP contribution in [0.5, 0.6) is 0 Å². The number of piperazine rings is 1. The molecule has 1 saturated heterocycles. The highest BCUT2D eigenvalue weighted by Crippen LogP contribution is 2.24. The van der Waals surface area contributed by atoms with Gasteiger partial charge in [0.05, 0.1) is 5.92 Å². The van der Waals surface area contributed by atoms with Crippen LogP contribution in [0.1, 0.15) is 6.42 Å². The molecule has 0 aromatic rings. The average molecular weight is 224 g/mol. The second-order valence-corrected chi connectivity index (χ2v) is 4.40. The number of rotatable bonds is 1. The van der Waals surface area contributed by atoms with Gasteiger partial charge in [-0.3, -0.25) is 4.79 Å². The molecule has 1 atom stereocenters. The summed E-state index contributed by atoms with van der Waals surface area (Å²) in [6.45, 7) is 3.17. The minimum atomic E-state index is -0.576. The molecule has 0 radical (unpaired) electrons. The van der Waals surface area contributed by atoms with Crippen LogP contribution in [0.4, 0.5) is 4.39 Å². The maximum atomic E-state index is 13.5. The van der Waals surface area contributed by atoms with Crippen molar-refractivity contribution in [1.82, 2.24) is 9.80 Å². The van der Waals surface area contributed by atoms with Gasteiger partial charge in [-0.05, 0) is 19.5 Å². The summed E-state index contributed by atoms with van der Waals surface area (Å²) in [6.07, 6.45) is 5.40. The van der Waals surface area contributed by atoms with Crippen LogP contribution < -0.4 is 0 Å². The van der Waals surface area contributed by atoms with Crippen LogP contribution in [0.15, 0.2) is 24.1 Å². The molecular weight excluding hydrogens is 207 g/mol. The zero-order valence-corrected chi connectivity index (χ0v) is 9.53. The minimum Gasteiger partial charge on any atom is -0.340 e. The molecule has 2 rings (SSSR count). The van der Waals surface area contributed by atoms with E-state index in [0.29, 0.717) is 19.5 Å². The molecule has 0 saturated carbocycles. The van der Waals surface area contributed by atoms with E-state index in [1.807, 2.05) is 13.1 Å². The molecule has 1 aliphatic heterocycles. The van der Waals surface area contributed by atoms with E-state index < -0.39 is 5.92 Å². The molecule has 88 valence electrons. The molecule has 2 aliphatic rings. The van der Waals surface area contributed by atoms with Crippen LogP contribution in [-0.2, 0) is 4.79 Å². The molecule has 0 aromatic carbocycles. The van der Waals surface area contributed by atoms with Gasteiger partial charge in [0.15, 0.2) is 0 Å². The lowest BCUT2D eigenvalue weighted by atomic mass is 9.97. The number of carbonyl (C=O) groups is 1. The number of amides is 1. The Balaban J connectivity index is 1.97. The molecule has 1 heterocycles. The molecular formula is C12H17FN2O. The number of nitrogens with zero attached hydrogens (tertiary/aromatic N) is 2. The molecule has 0 N–H and O–H groups in total. The van der Waals surface area contributed by atoms with Crippen LogP contribution >= 0.6 is 0 Å². The lowest BCUT2D eigenvalue weighted by Gasteiger charge is -2.34. The third-order valence-corrected chi connectivity index (χ3v) is 3.21. The van der Waals surface area contributed by atoms with E-state index in [4.69, 9.17) is 0 Å². The maximum absolute atomic E-state index is 13.5. The third kappa shape index (κ3) is 2.32. The average Bonchev–Trinajstić information content (AvgIpc) is 2.30. The standard InChI is InChI=1S/C12H17FN2O/c1-14-6-8-15(9-7-14)12(16)10-4-2-3-5-11(10)13/h2-3,5,10H,4,6-9H2,1H3. The van der Waals surface area contributed by atoms with E-state index in [-0.39, 0.29) is 11.7 Å². The fraction of sp³-hybridized carbons (Fsp3) is 0.583. The van der Waals surface area contributed by atoms with Crippen molar-refractivity contribution in [3.05, 3.63) is 24.1 Å². The molecule has 3 nitrogen and oxygen atoms in total. The lowest BCUT2D eigenvalue weighted by Crippen LogP contribution is -2.49. The normalized spacial score (nSPS) is 26.8. The maximum Gasteiger partial charge on any atom is 0.232 e. The van der Waals surface area contributed by atoms with Gasteiger partial charge < -0.3 is 9.80 Å². The number of halogens is 1. The number of likely N-dealkylation sites (N-methyl/N-ethyl adjacent to an activating group) is 1. The van der Waals surface area contributed by atoms with Crippen molar-refractivity contribution in [2.24, 2.45) is 5.92 Å². The summed E-state index contributed by atoms with van der Waals surface area (Å²) in [7, 11) is 2.03. The Kier molecular flexibility index (Phi) is 3.39. The zero-order chi connectivity index (χ0) is 11.5. The molecule has 0 bridgehead atoms. The van der Waals surface area contributed by atoms with E-state index in [1.165, 1.54) is 6.08 Å². The summed E-state index contributed by atoms with van der Waals surface area (Å²) in [6, 6.07) is 0. The quantitative estimate of drug-likeness (QED) is 0.668. The Hall–Kier alpha value is -1.16. The summed E-state index contributed by atoms with van der Waals surface area (Å²) < 4.78 is 13.5. The van der Waals surface area contributed by atoms with E-state index in [0.717, 1.165) is 13.1 Å². The Morgan fingerprint density at radius 3 is 2.69 bits per heavy atom. The van der Waals surface area contributed by atoms with Crippen LogP contribution in [0.2, 0.25) is 0 Å². The van der Waals surface area contributed by atoms with Gasteiger partial charge in [0, 0.05) is 26.2 Å². The highest BCUT2D eigenvalue weighted by Gasteiger charge is 2.29. The van der Waals surface area contributed by atoms with Crippen LogP contribution in [0.25, 0.3) is 0 Å². The monoisotopic (exact) mass is 224 g/mol. The van der Waals surface area contributed by atoms with Crippen molar-refractivity contribution in [3.8, 4) is 0 Å². The molecule has 0 spiro atoms. The summed E-state index contributed by atoms with van der Waals surface area (Å²) in [5, 5.41) is 0. The van der Waals surface area contributed by atoms with Crippen LogP contribution in [0, 0.1) is 5.92 Å². The first-order valence-electron chi connectivity index (χ1n) is 5.68. The van der Waals surface area contributed by atoms with Gasteiger partial charge in [-0.2, -0.15) is 0 Å². The van der Waals surface area contributed by atoms with Gasteiger partial charge in [-0.1, -0.05) is 12.2 Å². The van der Waals surface area contributed by atoms with Crippen molar-refractivity contribution < 1.29 is 9.18 Å². The topological polar surface area (TPSA) is 23.6 Å². The van der Waals surface area contributed by atoms with Crippen molar-refractivity contribution in [2.45, 2.75) is 6.42 Å².